The molecule has 0 fully saturated rings. The Bertz CT molecular complexity index is 658. The molecule has 0 radical (unpaired) electrons. The molecule has 106 valence electrons. The summed E-state index contributed by atoms with van der Waals surface area (Å²) in [6.07, 6.45) is 0. The number of guanidine groups is 1. The van der Waals surface area contributed by atoms with Gasteiger partial charge in [0.1, 0.15) is 0 Å². The third kappa shape index (κ3) is 3.52. The van der Waals surface area contributed by atoms with Crippen molar-refractivity contribution in [3.63, 3.8) is 0 Å². The highest BCUT2D eigenvalue weighted by Crippen LogP contribution is 2.30. The number of nitro benzene ring substituents is 1. The predicted molar refractivity (Wildman–Crippen MR) is 84.8 cm³/mol. The van der Waals surface area contributed by atoms with Gasteiger partial charge in [-0.15, -0.1) is 28.3 Å². The molecule has 0 atom stereocenters. The molecule has 0 aliphatic carbocycles. The molecule has 0 spiro atoms. The molecule has 0 aliphatic rings. The van der Waals surface area contributed by atoms with E-state index in [4.69, 9.17) is 11.1 Å². The maximum atomic E-state index is 10.8. The van der Waals surface area contributed by atoms with E-state index < -0.39 is 4.92 Å². The Kier molecular flexibility index (Phi) is 5.17. The summed E-state index contributed by atoms with van der Waals surface area (Å²) < 4.78 is 0. The van der Waals surface area contributed by atoms with Crippen LogP contribution in [0.2, 0.25) is 0 Å². The quantitative estimate of drug-likeness (QED) is 0.337. The lowest BCUT2D eigenvalue weighted by Crippen LogP contribution is -2.20. The largest absolute Gasteiger partial charge is 0.370 e. The van der Waals surface area contributed by atoms with Gasteiger partial charge in [0.15, 0.2) is 11.1 Å². The zero-order valence-corrected chi connectivity index (χ0v) is 12.9. The molecule has 0 unspecified atom stereocenters. The highest BCUT2D eigenvalue weighted by atomic mass is 79.9. The van der Waals surface area contributed by atoms with Crippen LogP contribution >= 0.6 is 28.3 Å². The third-order valence-corrected chi connectivity index (χ3v) is 3.21. The molecule has 1 aromatic carbocycles. The van der Waals surface area contributed by atoms with Gasteiger partial charge in [-0.25, -0.2) is 4.98 Å². The normalized spacial score (nSPS) is 9.65. The summed E-state index contributed by atoms with van der Waals surface area (Å²) in [5.74, 6) is -0.198. The van der Waals surface area contributed by atoms with Gasteiger partial charge in [0.05, 0.1) is 10.6 Å². The van der Waals surface area contributed by atoms with E-state index in [1.807, 2.05) is 6.92 Å². The number of nitrogens with one attached hydrogen (secondary N) is 2. The number of nitrogens with two attached hydrogens (primary N) is 1. The Morgan fingerprint density at radius 3 is 2.85 bits per heavy atom. The van der Waals surface area contributed by atoms with Crippen LogP contribution in [0.25, 0.3) is 11.3 Å². The number of anilines is 1. The minimum atomic E-state index is -0.440. The average molecular weight is 358 g/mol. The lowest BCUT2D eigenvalue weighted by molar-refractivity contribution is -0.384. The van der Waals surface area contributed by atoms with Crippen LogP contribution in [0.4, 0.5) is 10.8 Å². The second-order valence-electron chi connectivity index (χ2n) is 3.83. The summed E-state index contributed by atoms with van der Waals surface area (Å²) in [6.45, 7) is 1.86. The summed E-state index contributed by atoms with van der Waals surface area (Å²) in [7, 11) is 0. The van der Waals surface area contributed by atoms with Crippen molar-refractivity contribution in [1.82, 2.24) is 4.98 Å². The van der Waals surface area contributed by atoms with Crippen molar-refractivity contribution >= 4 is 45.1 Å². The number of aromatic nitrogens is 1. The van der Waals surface area contributed by atoms with Crippen molar-refractivity contribution in [2.24, 2.45) is 5.73 Å². The number of halogens is 1. The van der Waals surface area contributed by atoms with E-state index in [2.05, 4.69) is 10.3 Å². The number of thiazole rings is 1. The number of rotatable bonds is 3. The molecule has 2 rings (SSSR count). The topological polar surface area (TPSA) is 118 Å². The van der Waals surface area contributed by atoms with Crippen molar-refractivity contribution < 1.29 is 4.92 Å². The predicted octanol–water partition coefficient (Wildman–Crippen LogP) is 2.91. The van der Waals surface area contributed by atoms with Crippen LogP contribution in [0, 0.1) is 22.4 Å². The number of non-ortho nitro benzene ring substituents is 1. The lowest BCUT2D eigenvalue weighted by Gasteiger charge is -2.02. The van der Waals surface area contributed by atoms with Crippen molar-refractivity contribution in [2.45, 2.75) is 6.92 Å². The molecule has 0 saturated heterocycles. The van der Waals surface area contributed by atoms with Gasteiger partial charge in [0.2, 0.25) is 0 Å². The monoisotopic (exact) mass is 357 g/mol. The van der Waals surface area contributed by atoms with Gasteiger partial charge in [0, 0.05) is 23.1 Å². The van der Waals surface area contributed by atoms with Crippen LogP contribution in [0.3, 0.4) is 0 Å². The van der Waals surface area contributed by atoms with Crippen LogP contribution in [0.1, 0.15) is 5.56 Å². The molecule has 7 nitrogen and oxygen atoms in total. The first kappa shape index (κ1) is 16.1. The van der Waals surface area contributed by atoms with Crippen LogP contribution in [-0.4, -0.2) is 15.9 Å². The molecule has 1 heterocycles. The van der Waals surface area contributed by atoms with E-state index in [0.29, 0.717) is 16.4 Å². The van der Waals surface area contributed by atoms with Crippen LogP contribution in [0.5, 0.6) is 0 Å². The Morgan fingerprint density at radius 2 is 2.25 bits per heavy atom. The molecule has 2 aromatic rings. The molecule has 1 aromatic heterocycles. The van der Waals surface area contributed by atoms with Crippen molar-refractivity contribution in [3.05, 3.63) is 39.3 Å². The second kappa shape index (κ2) is 6.44. The molecule has 4 N–H and O–H groups in total. The maximum Gasteiger partial charge on any atom is 0.270 e. The fraction of sp³-hybridized carbons (Fsp3) is 0.0909. The first-order valence-corrected chi connectivity index (χ1v) is 6.17. The van der Waals surface area contributed by atoms with Crippen LogP contribution < -0.4 is 11.1 Å². The number of aryl methyl sites for hydroxylation is 1. The fourth-order valence-electron chi connectivity index (χ4n) is 1.57. The van der Waals surface area contributed by atoms with E-state index in [-0.39, 0.29) is 28.6 Å². The molecule has 0 saturated carbocycles. The number of nitrogens with zero attached hydrogens (tertiary/aromatic N) is 2. The van der Waals surface area contributed by atoms with E-state index in [1.165, 1.54) is 23.5 Å². The second-order valence-corrected chi connectivity index (χ2v) is 4.69. The Morgan fingerprint density at radius 1 is 1.55 bits per heavy atom. The Labute approximate surface area is 129 Å². The fourth-order valence-corrected chi connectivity index (χ4v) is 2.29. The highest BCUT2D eigenvalue weighted by molar-refractivity contribution is 8.93. The number of nitro groups is 1. The van der Waals surface area contributed by atoms with Gasteiger partial charge in [0.25, 0.3) is 5.69 Å². The maximum absolute atomic E-state index is 10.8. The third-order valence-electron chi connectivity index (χ3n) is 2.45. The number of benzene rings is 1. The minimum absolute atomic E-state index is 0. The van der Waals surface area contributed by atoms with E-state index in [9.17, 15) is 10.1 Å². The number of hydrogen-bond acceptors (Lipinski definition) is 5. The van der Waals surface area contributed by atoms with Crippen molar-refractivity contribution in [3.8, 4) is 11.3 Å². The Hall–Kier alpha value is -2.00. The Balaban J connectivity index is 0.00000200. The zero-order valence-electron chi connectivity index (χ0n) is 10.4. The first-order chi connectivity index (χ1) is 8.97. The smallest absolute Gasteiger partial charge is 0.270 e. The molecule has 9 heteroatoms. The number of hydrogen-bond donors (Lipinski definition) is 3. The van der Waals surface area contributed by atoms with Gasteiger partial charge >= 0.3 is 0 Å². The zero-order chi connectivity index (χ0) is 14.0. The summed E-state index contributed by atoms with van der Waals surface area (Å²) >= 11 is 1.28. The summed E-state index contributed by atoms with van der Waals surface area (Å²) in [5.41, 5.74) is 7.45. The molecule has 0 aliphatic heterocycles. The van der Waals surface area contributed by atoms with E-state index >= 15 is 0 Å². The SMILES string of the molecule is Br.Cc1ccc([N+](=O)[O-])cc1-c1csc(NC(=N)N)n1. The van der Waals surface area contributed by atoms with E-state index in [1.54, 1.807) is 11.4 Å². The summed E-state index contributed by atoms with van der Waals surface area (Å²) in [5, 5.41) is 22.7. The minimum Gasteiger partial charge on any atom is -0.370 e. The standard InChI is InChI=1S/C11H11N5O2S.BrH/c1-6-2-3-7(16(17)18)4-8(6)9-5-19-11(14-9)15-10(12)13;/h2-5H,1H3,(H4,12,13,14,15);1H. The van der Waals surface area contributed by atoms with Crippen molar-refractivity contribution in [1.29, 1.82) is 5.41 Å². The summed E-state index contributed by atoms with van der Waals surface area (Å²) in [6, 6.07) is 4.63. The molecule has 0 bridgehead atoms. The lowest BCUT2D eigenvalue weighted by atomic mass is 10.1. The molecular weight excluding hydrogens is 346 g/mol. The van der Waals surface area contributed by atoms with Crippen molar-refractivity contribution in [2.75, 3.05) is 5.32 Å². The van der Waals surface area contributed by atoms with E-state index in [0.717, 1.165) is 5.56 Å². The van der Waals surface area contributed by atoms with Gasteiger partial charge in [-0.05, 0) is 12.5 Å². The molecular formula is C11H12BrN5O2S. The van der Waals surface area contributed by atoms with Crippen LogP contribution in [0.15, 0.2) is 23.6 Å². The highest BCUT2D eigenvalue weighted by Gasteiger charge is 2.12. The van der Waals surface area contributed by atoms with Gasteiger partial charge in [-0.3, -0.25) is 15.5 Å². The van der Waals surface area contributed by atoms with Gasteiger partial charge in [-0.2, -0.15) is 0 Å². The molecule has 0 amide bonds. The van der Waals surface area contributed by atoms with Gasteiger partial charge in [-0.1, -0.05) is 6.07 Å². The summed E-state index contributed by atoms with van der Waals surface area (Å²) in [4.78, 5) is 14.6. The first-order valence-electron chi connectivity index (χ1n) is 5.29. The molecule has 20 heavy (non-hydrogen) atoms. The average Bonchev–Trinajstić information content (AvgIpc) is 2.76. The van der Waals surface area contributed by atoms with Gasteiger partial charge < -0.3 is 11.1 Å². The van der Waals surface area contributed by atoms with Crippen LogP contribution in [-0.2, 0) is 0 Å².